The van der Waals surface area contributed by atoms with Gasteiger partial charge in [-0.05, 0) is 66.3 Å². The van der Waals surface area contributed by atoms with E-state index in [0.717, 1.165) is 47.9 Å². The van der Waals surface area contributed by atoms with Gasteiger partial charge in [0.1, 0.15) is 22.5 Å². The first-order valence-electron chi connectivity index (χ1n) is 15.7. The van der Waals surface area contributed by atoms with Crippen LogP contribution in [0, 0.1) is 0 Å². The SMILES string of the molecule is CCC(C)(C)c1ccc(OCCCCNC(=O)c2cc(-n3nc4ccccc4n3)c3ccccc3c2O)c(C(C)(C)CC)c1. The third-order valence-electron chi connectivity index (χ3n) is 9.11. The summed E-state index contributed by atoms with van der Waals surface area (Å²) < 4.78 is 6.31. The van der Waals surface area contributed by atoms with Crippen LogP contribution in [0.3, 0.4) is 0 Å². The summed E-state index contributed by atoms with van der Waals surface area (Å²) in [5.41, 5.74) is 5.02. The Morgan fingerprint density at radius 2 is 1.48 bits per heavy atom. The van der Waals surface area contributed by atoms with Gasteiger partial charge in [-0.15, -0.1) is 15.0 Å². The van der Waals surface area contributed by atoms with Crippen LogP contribution in [0.5, 0.6) is 11.5 Å². The van der Waals surface area contributed by atoms with Gasteiger partial charge in [0.15, 0.2) is 0 Å². The predicted molar refractivity (Wildman–Crippen MR) is 178 cm³/mol. The highest BCUT2D eigenvalue weighted by atomic mass is 16.5. The van der Waals surface area contributed by atoms with Gasteiger partial charge in [0.05, 0.1) is 17.9 Å². The molecule has 4 aromatic carbocycles. The molecule has 0 bridgehead atoms. The maximum absolute atomic E-state index is 13.3. The van der Waals surface area contributed by atoms with E-state index in [0.29, 0.717) is 24.2 Å². The molecule has 7 heteroatoms. The molecule has 1 aromatic heterocycles. The minimum absolute atomic E-state index is 0.00225. The highest BCUT2D eigenvalue weighted by molar-refractivity contribution is 6.06. The van der Waals surface area contributed by atoms with Crippen LogP contribution in [0.2, 0.25) is 0 Å². The molecule has 7 nitrogen and oxygen atoms in total. The summed E-state index contributed by atoms with van der Waals surface area (Å²) >= 11 is 0. The van der Waals surface area contributed by atoms with Gasteiger partial charge in [-0.3, -0.25) is 4.79 Å². The van der Waals surface area contributed by atoms with Gasteiger partial charge >= 0.3 is 0 Å². The normalized spacial score (nSPS) is 12.1. The zero-order valence-electron chi connectivity index (χ0n) is 26.8. The summed E-state index contributed by atoms with van der Waals surface area (Å²) in [6, 6.07) is 23.3. The molecular formula is C37H44N4O3. The molecule has 0 atom stereocenters. The number of phenolic OH excluding ortho intramolecular Hbond substituents is 1. The molecule has 44 heavy (non-hydrogen) atoms. The largest absolute Gasteiger partial charge is 0.506 e. The molecule has 0 radical (unpaired) electrons. The maximum Gasteiger partial charge on any atom is 0.255 e. The second kappa shape index (κ2) is 12.7. The number of aromatic hydroxyl groups is 1. The van der Waals surface area contributed by atoms with Gasteiger partial charge in [-0.25, -0.2) is 0 Å². The Balaban J connectivity index is 1.25. The second-order valence-corrected chi connectivity index (χ2v) is 12.8. The fourth-order valence-corrected chi connectivity index (χ4v) is 5.35. The lowest BCUT2D eigenvalue weighted by molar-refractivity contribution is 0.0950. The summed E-state index contributed by atoms with van der Waals surface area (Å²) in [7, 11) is 0. The number of hydrogen-bond donors (Lipinski definition) is 2. The number of aromatic nitrogens is 3. The Bertz CT molecular complexity index is 1750. The summed E-state index contributed by atoms with van der Waals surface area (Å²) in [5, 5.41) is 24.6. The van der Waals surface area contributed by atoms with E-state index >= 15 is 0 Å². The number of rotatable bonds is 12. The second-order valence-electron chi connectivity index (χ2n) is 12.8. The standard InChI is InChI=1S/C37H44N4O3/c1-7-36(3,4)25-19-20-33(29(23-25)37(5,6)8-2)44-22-14-13-21-38-35(43)28-24-32(26-15-9-10-16-27(26)34(28)42)41-39-30-17-11-12-18-31(30)40-41/h9-12,15-20,23-24,42H,7-8,13-14,21-22H2,1-6H3,(H,38,43). The van der Waals surface area contributed by atoms with Crippen LogP contribution in [0.4, 0.5) is 0 Å². The van der Waals surface area contributed by atoms with Crippen LogP contribution in [0.15, 0.2) is 72.8 Å². The first kappa shape index (κ1) is 31.0. The van der Waals surface area contributed by atoms with Crippen molar-refractivity contribution in [2.24, 2.45) is 0 Å². The fraction of sp³-hybridized carbons (Fsp3) is 0.378. The van der Waals surface area contributed by atoms with Gasteiger partial charge in [0.25, 0.3) is 5.91 Å². The van der Waals surface area contributed by atoms with Crippen molar-refractivity contribution in [2.75, 3.05) is 13.2 Å². The zero-order valence-corrected chi connectivity index (χ0v) is 26.8. The number of unbranched alkanes of at least 4 members (excludes halogenated alkanes) is 1. The summed E-state index contributed by atoms with van der Waals surface area (Å²) in [6.07, 6.45) is 3.61. The van der Waals surface area contributed by atoms with Crippen molar-refractivity contribution in [3.63, 3.8) is 0 Å². The number of amides is 1. The maximum atomic E-state index is 13.3. The molecule has 5 aromatic rings. The van der Waals surface area contributed by atoms with E-state index < -0.39 is 0 Å². The smallest absolute Gasteiger partial charge is 0.255 e. The van der Waals surface area contributed by atoms with Gasteiger partial charge < -0.3 is 15.2 Å². The molecule has 5 rings (SSSR count). The minimum atomic E-state index is -0.340. The topological polar surface area (TPSA) is 89.3 Å². The fourth-order valence-electron chi connectivity index (χ4n) is 5.35. The van der Waals surface area contributed by atoms with Crippen LogP contribution in [0.1, 0.15) is 88.7 Å². The zero-order chi connectivity index (χ0) is 31.5. The molecule has 0 unspecified atom stereocenters. The van der Waals surface area contributed by atoms with Crippen LogP contribution in [-0.2, 0) is 10.8 Å². The Kier molecular flexibility index (Phi) is 8.95. The van der Waals surface area contributed by atoms with Gasteiger partial charge in [-0.1, -0.05) is 90.1 Å². The Hall–Kier alpha value is -4.39. The number of ether oxygens (including phenoxy) is 1. The van der Waals surface area contributed by atoms with Crippen molar-refractivity contribution in [1.29, 1.82) is 0 Å². The summed E-state index contributed by atoms with van der Waals surface area (Å²) in [6.45, 7) is 14.6. The minimum Gasteiger partial charge on any atom is -0.506 e. The molecule has 230 valence electrons. The average Bonchev–Trinajstić information content (AvgIpc) is 3.47. The lowest BCUT2D eigenvalue weighted by Gasteiger charge is -2.30. The van der Waals surface area contributed by atoms with E-state index in [4.69, 9.17) is 4.74 Å². The molecular weight excluding hydrogens is 548 g/mol. The van der Waals surface area contributed by atoms with Crippen molar-refractivity contribution < 1.29 is 14.6 Å². The van der Waals surface area contributed by atoms with Crippen LogP contribution in [-0.4, -0.2) is 39.2 Å². The predicted octanol–water partition coefficient (Wildman–Crippen LogP) is 8.24. The Morgan fingerprint density at radius 1 is 0.841 bits per heavy atom. The first-order chi connectivity index (χ1) is 21.1. The molecule has 0 aliphatic carbocycles. The van der Waals surface area contributed by atoms with Gasteiger partial charge in [0.2, 0.25) is 0 Å². The number of carbonyl (C=O) groups is 1. The highest BCUT2D eigenvalue weighted by Crippen LogP contribution is 2.38. The number of phenols is 1. The number of nitrogens with zero attached hydrogens (tertiary/aromatic N) is 3. The van der Waals surface area contributed by atoms with E-state index in [1.54, 1.807) is 12.1 Å². The van der Waals surface area contributed by atoms with Crippen molar-refractivity contribution in [2.45, 2.75) is 78.1 Å². The van der Waals surface area contributed by atoms with Crippen LogP contribution in [0.25, 0.3) is 27.5 Å². The third kappa shape index (κ3) is 6.28. The van der Waals surface area contributed by atoms with Crippen molar-refractivity contribution >= 4 is 27.7 Å². The lowest BCUT2D eigenvalue weighted by atomic mass is 9.76. The molecule has 0 aliphatic heterocycles. The number of fused-ring (bicyclic) bond motifs is 2. The van der Waals surface area contributed by atoms with E-state index in [9.17, 15) is 9.90 Å². The number of carbonyl (C=O) groups excluding carboxylic acids is 1. The van der Waals surface area contributed by atoms with E-state index in [1.165, 1.54) is 15.9 Å². The monoisotopic (exact) mass is 592 g/mol. The number of nitrogens with one attached hydrogen (secondary N) is 1. The lowest BCUT2D eigenvalue weighted by Crippen LogP contribution is -2.25. The number of benzene rings is 4. The molecule has 0 saturated carbocycles. The van der Waals surface area contributed by atoms with E-state index in [1.807, 2.05) is 42.5 Å². The molecule has 0 saturated heterocycles. The summed E-state index contributed by atoms with van der Waals surface area (Å²) in [4.78, 5) is 14.8. The van der Waals surface area contributed by atoms with Crippen LogP contribution < -0.4 is 10.1 Å². The Morgan fingerprint density at radius 3 is 2.14 bits per heavy atom. The van der Waals surface area contributed by atoms with Gasteiger partial charge in [0, 0.05) is 22.9 Å². The van der Waals surface area contributed by atoms with E-state index in [-0.39, 0.29) is 28.1 Å². The van der Waals surface area contributed by atoms with Crippen molar-refractivity contribution in [1.82, 2.24) is 20.3 Å². The third-order valence-corrected chi connectivity index (χ3v) is 9.11. The Labute approximate surface area is 260 Å². The molecule has 1 amide bonds. The molecule has 1 heterocycles. The quantitative estimate of drug-likeness (QED) is 0.142. The van der Waals surface area contributed by atoms with E-state index in [2.05, 4.69) is 75.3 Å². The molecule has 2 N–H and O–H groups in total. The molecule has 0 aliphatic rings. The van der Waals surface area contributed by atoms with Crippen molar-refractivity contribution in [3.8, 4) is 17.2 Å². The summed E-state index contributed by atoms with van der Waals surface area (Å²) in [5.74, 6) is 0.543. The first-order valence-corrected chi connectivity index (χ1v) is 15.7. The average molecular weight is 593 g/mol. The van der Waals surface area contributed by atoms with Crippen LogP contribution >= 0.6 is 0 Å². The highest BCUT2D eigenvalue weighted by Gasteiger charge is 2.26. The van der Waals surface area contributed by atoms with Gasteiger partial charge in [-0.2, -0.15) is 0 Å². The van der Waals surface area contributed by atoms with Crippen molar-refractivity contribution in [3.05, 3.63) is 89.5 Å². The number of hydrogen-bond acceptors (Lipinski definition) is 5. The molecule has 0 fully saturated rings. The molecule has 0 spiro atoms.